The van der Waals surface area contributed by atoms with Crippen LogP contribution in [0.4, 0.5) is 5.69 Å². The van der Waals surface area contributed by atoms with E-state index in [9.17, 15) is 19.2 Å². The van der Waals surface area contributed by atoms with Gasteiger partial charge in [-0.1, -0.05) is 17.7 Å². The van der Waals surface area contributed by atoms with Crippen LogP contribution in [0.3, 0.4) is 0 Å². The van der Waals surface area contributed by atoms with Crippen molar-refractivity contribution in [2.24, 2.45) is 0 Å². The second-order valence-corrected chi connectivity index (χ2v) is 8.06. The number of ether oxygens (including phenoxy) is 2. The van der Waals surface area contributed by atoms with Crippen LogP contribution in [0.2, 0.25) is 0 Å². The van der Waals surface area contributed by atoms with Crippen LogP contribution < -0.4 is 5.32 Å². The number of nitrogens with one attached hydrogen (secondary N) is 1. The van der Waals surface area contributed by atoms with Gasteiger partial charge in [0.1, 0.15) is 0 Å². The topological polar surface area (TPSA) is 102 Å². The third-order valence-electron chi connectivity index (χ3n) is 5.61. The van der Waals surface area contributed by atoms with Gasteiger partial charge in [0, 0.05) is 12.3 Å². The zero-order valence-corrected chi connectivity index (χ0v) is 18.0. The van der Waals surface area contributed by atoms with Gasteiger partial charge in [-0.05, 0) is 56.5 Å². The smallest absolute Gasteiger partial charge is 0.338 e. The van der Waals surface area contributed by atoms with Crippen LogP contribution in [-0.4, -0.2) is 54.5 Å². The summed E-state index contributed by atoms with van der Waals surface area (Å²) in [5.41, 5.74) is 3.12. The number of carbonyl (C=O) groups excluding carboxylic acids is 4. The van der Waals surface area contributed by atoms with Crippen molar-refractivity contribution in [3.63, 3.8) is 0 Å². The van der Waals surface area contributed by atoms with Crippen molar-refractivity contribution >= 4 is 29.4 Å². The van der Waals surface area contributed by atoms with E-state index in [0.29, 0.717) is 12.3 Å². The molecule has 0 saturated carbocycles. The molecule has 1 saturated heterocycles. The van der Waals surface area contributed by atoms with Gasteiger partial charge in [-0.3, -0.25) is 19.3 Å². The van der Waals surface area contributed by atoms with Crippen molar-refractivity contribution in [2.75, 3.05) is 25.1 Å². The number of esters is 1. The Balaban J connectivity index is 1.38. The summed E-state index contributed by atoms with van der Waals surface area (Å²) in [6.45, 7) is 4.18. The minimum absolute atomic E-state index is 0.100. The van der Waals surface area contributed by atoms with E-state index in [4.69, 9.17) is 9.47 Å². The Morgan fingerprint density at radius 2 is 1.88 bits per heavy atom. The lowest BCUT2D eigenvalue weighted by atomic mass is 10.1. The van der Waals surface area contributed by atoms with E-state index in [-0.39, 0.29) is 29.3 Å². The van der Waals surface area contributed by atoms with E-state index in [2.05, 4.69) is 5.32 Å². The van der Waals surface area contributed by atoms with Gasteiger partial charge in [-0.2, -0.15) is 0 Å². The van der Waals surface area contributed by atoms with Gasteiger partial charge in [0.15, 0.2) is 6.61 Å². The molecular formula is C24H24N2O6. The van der Waals surface area contributed by atoms with Crippen molar-refractivity contribution in [1.82, 2.24) is 4.90 Å². The number of fused-ring (bicyclic) bond motifs is 1. The molecule has 0 unspecified atom stereocenters. The minimum Gasteiger partial charge on any atom is -0.452 e. The third-order valence-corrected chi connectivity index (χ3v) is 5.61. The lowest BCUT2D eigenvalue weighted by molar-refractivity contribution is -0.119. The number of amides is 3. The molecule has 3 amide bonds. The van der Waals surface area contributed by atoms with Gasteiger partial charge < -0.3 is 14.8 Å². The lowest BCUT2D eigenvalue weighted by Crippen LogP contribution is -2.36. The second kappa shape index (κ2) is 8.92. The van der Waals surface area contributed by atoms with Gasteiger partial charge >= 0.3 is 5.97 Å². The maximum atomic E-state index is 12.7. The summed E-state index contributed by atoms with van der Waals surface area (Å²) in [5, 5.41) is 2.71. The molecule has 0 spiro atoms. The molecule has 1 fully saturated rings. The Bertz CT molecular complexity index is 1100. The predicted molar refractivity (Wildman–Crippen MR) is 116 cm³/mol. The largest absolute Gasteiger partial charge is 0.452 e. The molecule has 0 aromatic heterocycles. The molecule has 8 nitrogen and oxygen atoms in total. The summed E-state index contributed by atoms with van der Waals surface area (Å²) >= 11 is 0. The van der Waals surface area contributed by atoms with E-state index in [1.165, 1.54) is 18.2 Å². The van der Waals surface area contributed by atoms with Crippen molar-refractivity contribution < 1.29 is 28.7 Å². The van der Waals surface area contributed by atoms with E-state index < -0.39 is 30.3 Å². The highest BCUT2D eigenvalue weighted by atomic mass is 16.5. The number of hydrogen-bond donors (Lipinski definition) is 1. The fourth-order valence-electron chi connectivity index (χ4n) is 3.93. The summed E-state index contributed by atoms with van der Waals surface area (Å²) in [7, 11) is 0. The average Bonchev–Trinajstić information content (AvgIpc) is 3.37. The fourth-order valence-corrected chi connectivity index (χ4v) is 3.93. The molecular weight excluding hydrogens is 412 g/mol. The van der Waals surface area contributed by atoms with Crippen LogP contribution >= 0.6 is 0 Å². The van der Waals surface area contributed by atoms with Crippen molar-refractivity contribution in [3.8, 4) is 0 Å². The molecule has 2 aromatic carbocycles. The van der Waals surface area contributed by atoms with Crippen LogP contribution in [0.5, 0.6) is 0 Å². The van der Waals surface area contributed by atoms with E-state index >= 15 is 0 Å². The lowest BCUT2D eigenvalue weighted by Gasteiger charge is -2.17. The zero-order chi connectivity index (χ0) is 22.8. The standard InChI is InChI=1S/C24H24N2O6/c1-14-5-8-20(15(2)10-14)25-21(27)13-32-24(30)16-6-7-18-19(11-16)23(29)26(22(18)28)12-17-4-3-9-31-17/h5-8,10-11,17H,3-4,9,12-13H2,1-2H3,(H,25,27)/t17-/m1/s1. The molecule has 0 bridgehead atoms. The van der Waals surface area contributed by atoms with Crippen LogP contribution in [0, 0.1) is 13.8 Å². The molecule has 2 aliphatic rings. The Morgan fingerprint density at radius 1 is 1.09 bits per heavy atom. The highest BCUT2D eigenvalue weighted by Crippen LogP contribution is 2.26. The molecule has 0 aliphatic carbocycles. The Labute approximate surface area is 185 Å². The summed E-state index contributed by atoms with van der Waals surface area (Å²) < 4.78 is 10.6. The summed E-state index contributed by atoms with van der Waals surface area (Å²) in [5.74, 6) is -2.07. The maximum Gasteiger partial charge on any atom is 0.338 e. The first-order valence-corrected chi connectivity index (χ1v) is 10.5. The summed E-state index contributed by atoms with van der Waals surface area (Å²) in [6, 6.07) is 9.80. The van der Waals surface area contributed by atoms with Crippen LogP contribution in [0.15, 0.2) is 36.4 Å². The third kappa shape index (κ3) is 4.40. The van der Waals surface area contributed by atoms with Crippen molar-refractivity contribution in [1.29, 1.82) is 0 Å². The number of anilines is 1. The number of nitrogens with zero attached hydrogens (tertiary/aromatic N) is 1. The first kappa shape index (κ1) is 21.7. The first-order chi connectivity index (χ1) is 15.3. The molecule has 4 rings (SSSR count). The molecule has 2 aliphatic heterocycles. The number of aryl methyl sites for hydroxylation is 2. The Hall–Kier alpha value is -3.52. The van der Waals surface area contributed by atoms with Crippen LogP contribution in [0.1, 0.15) is 55.0 Å². The summed E-state index contributed by atoms with van der Waals surface area (Å²) in [6.07, 6.45) is 1.55. The van der Waals surface area contributed by atoms with Crippen molar-refractivity contribution in [3.05, 3.63) is 64.2 Å². The second-order valence-electron chi connectivity index (χ2n) is 8.06. The van der Waals surface area contributed by atoms with Crippen molar-refractivity contribution in [2.45, 2.75) is 32.8 Å². The molecule has 1 N–H and O–H groups in total. The quantitative estimate of drug-likeness (QED) is 0.552. The SMILES string of the molecule is Cc1ccc(NC(=O)COC(=O)c2ccc3c(c2)C(=O)N(C[C@H]2CCCO2)C3=O)c(C)c1. The molecule has 2 heterocycles. The van der Waals surface area contributed by atoms with Gasteiger partial charge in [0.25, 0.3) is 17.7 Å². The number of hydrogen-bond acceptors (Lipinski definition) is 6. The molecule has 2 aromatic rings. The van der Waals surface area contributed by atoms with E-state index in [1.807, 2.05) is 26.0 Å². The van der Waals surface area contributed by atoms with Gasteiger partial charge in [0.05, 0.1) is 29.3 Å². The minimum atomic E-state index is -0.749. The zero-order valence-electron chi connectivity index (χ0n) is 18.0. The Kier molecular flexibility index (Phi) is 6.05. The average molecular weight is 436 g/mol. The maximum absolute atomic E-state index is 12.7. The first-order valence-electron chi connectivity index (χ1n) is 10.5. The normalized spacial score (nSPS) is 17.4. The van der Waals surface area contributed by atoms with E-state index in [1.54, 1.807) is 6.07 Å². The van der Waals surface area contributed by atoms with Gasteiger partial charge in [-0.15, -0.1) is 0 Å². The fraction of sp³-hybridized carbons (Fsp3) is 0.333. The highest BCUT2D eigenvalue weighted by molar-refractivity contribution is 6.22. The van der Waals surface area contributed by atoms with E-state index in [0.717, 1.165) is 28.9 Å². The molecule has 8 heteroatoms. The predicted octanol–water partition coefficient (Wildman–Crippen LogP) is 2.87. The Morgan fingerprint density at radius 3 is 2.59 bits per heavy atom. The number of rotatable bonds is 6. The highest BCUT2D eigenvalue weighted by Gasteiger charge is 2.38. The van der Waals surface area contributed by atoms with Crippen LogP contribution in [-0.2, 0) is 14.3 Å². The van der Waals surface area contributed by atoms with Gasteiger partial charge in [0.2, 0.25) is 0 Å². The number of carbonyl (C=O) groups is 4. The molecule has 0 radical (unpaired) electrons. The molecule has 166 valence electrons. The summed E-state index contributed by atoms with van der Waals surface area (Å²) in [4.78, 5) is 51.1. The molecule has 1 atom stereocenters. The monoisotopic (exact) mass is 436 g/mol. The number of imide groups is 1. The number of benzene rings is 2. The molecule has 32 heavy (non-hydrogen) atoms. The van der Waals surface area contributed by atoms with Crippen LogP contribution in [0.25, 0.3) is 0 Å². The van der Waals surface area contributed by atoms with Gasteiger partial charge in [-0.25, -0.2) is 4.79 Å².